The Labute approximate surface area is 166 Å². The van der Waals surface area contributed by atoms with Crippen molar-refractivity contribution in [2.45, 2.75) is 20.3 Å². The van der Waals surface area contributed by atoms with Crippen LogP contribution in [0, 0.1) is 17.0 Å². The molecule has 0 fully saturated rings. The highest BCUT2D eigenvalue weighted by Gasteiger charge is 2.19. The van der Waals surface area contributed by atoms with Crippen LogP contribution in [0.5, 0.6) is 0 Å². The topological polar surface area (TPSA) is 125 Å². The van der Waals surface area contributed by atoms with Gasteiger partial charge in [-0.15, -0.1) is 0 Å². The number of amides is 1. The molecule has 0 atom stereocenters. The Balaban J connectivity index is 1.91. The molecule has 1 amide bonds. The maximum atomic E-state index is 12.1. The van der Waals surface area contributed by atoms with E-state index < -0.39 is 29.4 Å². The molecule has 0 aliphatic carbocycles. The Morgan fingerprint density at radius 2 is 1.72 bits per heavy atom. The normalized spacial score (nSPS) is 10.1. The lowest BCUT2D eigenvalue weighted by molar-refractivity contribution is -0.385. The zero-order valence-corrected chi connectivity index (χ0v) is 16.0. The fourth-order valence-electron chi connectivity index (χ4n) is 2.42. The van der Waals surface area contributed by atoms with E-state index in [4.69, 9.17) is 9.47 Å². The Hall–Kier alpha value is -3.75. The summed E-state index contributed by atoms with van der Waals surface area (Å²) in [5, 5.41) is 13.5. The molecular weight excluding hydrogens is 380 g/mol. The maximum absolute atomic E-state index is 12.1. The van der Waals surface area contributed by atoms with Crippen molar-refractivity contribution in [1.29, 1.82) is 0 Å². The Kier molecular flexibility index (Phi) is 7.41. The predicted octanol–water partition coefficient (Wildman–Crippen LogP) is 3.27. The van der Waals surface area contributed by atoms with Gasteiger partial charge in [0.25, 0.3) is 11.6 Å². The molecule has 0 spiro atoms. The highest BCUT2D eigenvalue weighted by atomic mass is 16.6. The minimum Gasteiger partial charge on any atom is -0.462 e. The minimum atomic E-state index is -0.838. The first-order chi connectivity index (χ1) is 13.8. The average molecular weight is 400 g/mol. The molecule has 0 aliphatic rings. The van der Waals surface area contributed by atoms with Crippen LogP contribution in [0.2, 0.25) is 0 Å². The van der Waals surface area contributed by atoms with Gasteiger partial charge in [-0.2, -0.15) is 0 Å². The maximum Gasteiger partial charge on any atom is 0.339 e. The number of rotatable bonds is 8. The van der Waals surface area contributed by atoms with Crippen LogP contribution in [0.4, 0.5) is 11.4 Å². The number of benzene rings is 2. The van der Waals surface area contributed by atoms with Gasteiger partial charge in [-0.25, -0.2) is 9.59 Å². The lowest BCUT2D eigenvalue weighted by Crippen LogP contribution is -2.21. The van der Waals surface area contributed by atoms with Gasteiger partial charge in [0.15, 0.2) is 6.61 Å². The van der Waals surface area contributed by atoms with Crippen molar-refractivity contribution >= 4 is 29.2 Å². The van der Waals surface area contributed by atoms with Crippen molar-refractivity contribution in [3.8, 4) is 0 Å². The predicted molar refractivity (Wildman–Crippen MR) is 104 cm³/mol. The average Bonchev–Trinajstić information content (AvgIpc) is 2.70. The summed E-state index contributed by atoms with van der Waals surface area (Å²) in [6, 6.07) is 10.1. The smallest absolute Gasteiger partial charge is 0.339 e. The molecule has 2 aromatic rings. The van der Waals surface area contributed by atoms with Crippen LogP contribution in [0.15, 0.2) is 42.5 Å². The number of nitrogens with zero attached hydrogens (tertiary/aromatic N) is 1. The molecule has 0 heterocycles. The van der Waals surface area contributed by atoms with Crippen molar-refractivity contribution in [2.75, 3.05) is 18.5 Å². The SMILES string of the molecule is CCCOC(=O)c1ccc(NC(=O)COC(=O)c2cccc([N+](=O)[O-])c2C)cc1. The van der Waals surface area contributed by atoms with Gasteiger partial charge >= 0.3 is 11.9 Å². The lowest BCUT2D eigenvalue weighted by atomic mass is 10.1. The van der Waals surface area contributed by atoms with Crippen molar-refractivity contribution in [3.05, 3.63) is 69.3 Å². The van der Waals surface area contributed by atoms with Crippen LogP contribution < -0.4 is 5.32 Å². The first kappa shape index (κ1) is 21.5. The molecule has 0 bridgehead atoms. The van der Waals surface area contributed by atoms with E-state index in [-0.39, 0.29) is 16.8 Å². The molecule has 1 N–H and O–H groups in total. The number of ether oxygens (including phenoxy) is 2. The number of hydrogen-bond donors (Lipinski definition) is 1. The first-order valence-corrected chi connectivity index (χ1v) is 8.81. The minimum absolute atomic E-state index is 0.0157. The van der Waals surface area contributed by atoms with Crippen LogP contribution in [0.1, 0.15) is 39.6 Å². The highest BCUT2D eigenvalue weighted by molar-refractivity contribution is 5.97. The van der Waals surface area contributed by atoms with Crippen LogP contribution in [-0.2, 0) is 14.3 Å². The van der Waals surface area contributed by atoms with Crippen LogP contribution in [0.25, 0.3) is 0 Å². The molecule has 29 heavy (non-hydrogen) atoms. The molecule has 9 heteroatoms. The molecule has 0 aromatic heterocycles. The van der Waals surface area contributed by atoms with Gasteiger partial charge in [0, 0.05) is 17.3 Å². The molecule has 0 radical (unpaired) electrons. The van der Waals surface area contributed by atoms with Gasteiger partial charge < -0.3 is 14.8 Å². The molecule has 0 saturated heterocycles. The number of anilines is 1. The number of nitro groups is 1. The molecule has 0 saturated carbocycles. The summed E-state index contributed by atoms with van der Waals surface area (Å²) in [5.74, 6) is -1.89. The third-order valence-electron chi connectivity index (χ3n) is 3.90. The fourth-order valence-corrected chi connectivity index (χ4v) is 2.42. The Bertz CT molecular complexity index is 923. The monoisotopic (exact) mass is 400 g/mol. The van der Waals surface area contributed by atoms with E-state index in [0.717, 1.165) is 0 Å². The largest absolute Gasteiger partial charge is 0.462 e. The van der Waals surface area contributed by atoms with Gasteiger partial charge in [0.05, 0.1) is 22.7 Å². The van der Waals surface area contributed by atoms with Crippen LogP contribution in [0.3, 0.4) is 0 Å². The molecular formula is C20H20N2O7. The van der Waals surface area contributed by atoms with Gasteiger partial charge in [0.2, 0.25) is 0 Å². The number of nitro benzene ring substituents is 1. The van der Waals surface area contributed by atoms with Crippen LogP contribution >= 0.6 is 0 Å². The summed E-state index contributed by atoms with van der Waals surface area (Å²) in [4.78, 5) is 46.2. The van der Waals surface area contributed by atoms with E-state index in [1.165, 1.54) is 49.4 Å². The van der Waals surface area contributed by atoms with Crippen LogP contribution in [-0.4, -0.2) is 36.0 Å². The second-order valence-electron chi connectivity index (χ2n) is 6.04. The number of carbonyl (C=O) groups excluding carboxylic acids is 3. The van der Waals surface area contributed by atoms with E-state index in [9.17, 15) is 24.5 Å². The molecule has 2 aromatic carbocycles. The summed E-state index contributed by atoms with van der Waals surface area (Å²) >= 11 is 0. The van der Waals surface area contributed by atoms with Gasteiger partial charge in [0.1, 0.15) is 0 Å². The van der Waals surface area contributed by atoms with E-state index in [2.05, 4.69) is 5.32 Å². The highest BCUT2D eigenvalue weighted by Crippen LogP contribution is 2.21. The second-order valence-corrected chi connectivity index (χ2v) is 6.04. The summed E-state index contributed by atoms with van der Waals surface area (Å²) in [5.41, 5.74) is 0.727. The number of esters is 2. The fraction of sp³-hybridized carbons (Fsp3) is 0.250. The summed E-state index contributed by atoms with van der Waals surface area (Å²) in [6.45, 7) is 3.08. The number of nitrogens with one attached hydrogen (secondary N) is 1. The molecule has 9 nitrogen and oxygen atoms in total. The quantitative estimate of drug-likeness (QED) is 0.409. The molecule has 0 unspecified atom stereocenters. The second kappa shape index (κ2) is 9.98. The third kappa shape index (κ3) is 5.86. The first-order valence-electron chi connectivity index (χ1n) is 8.81. The number of hydrogen-bond acceptors (Lipinski definition) is 7. The molecule has 152 valence electrons. The van der Waals surface area contributed by atoms with Crippen molar-refractivity contribution in [3.63, 3.8) is 0 Å². The zero-order chi connectivity index (χ0) is 21.4. The summed E-state index contributed by atoms with van der Waals surface area (Å²) in [7, 11) is 0. The van der Waals surface area contributed by atoms with Gasteiger partial charge in [-0.3, -0.25) is 14.9 Å². The third-order valence-corrected chi connectivity index (χ3v) is 3.90. The summed E-state index contributed by atoms with van der Waals surface area (Å²) < 4.78 is 9.95. The van der Waals surface area contributed by atoms with Crippen molar-refractivity contribution < 1.29 is 28.8 Å². The van der Waals surface area contributed by atoms with Crippen molar-refractivity contribution in [2.24, 2.45) is 0 Å². The standard InChI is InChI=1S/C20H20N2O7/c1-3-11-28-19(24)14-7-9-15(10-8-14)21-18(23)12-29-20(25)16-5-4-6-17(13(16)2)22(26)27/h4-10H,3,11-12H2,1-2H3,(H,21,23). The van der Waals surface area contributed by atoms with Gasteiger partial charge in [-0.1, -0.05) is 13.0 Å². The Morgan fingerprint density at radius 3 is 2.34 bits per heavy atom. The van der Waals surface area contributed by atoms with E-state index >= 15 is 0 Å². The zero-order valence-electron chi connectivity index (χ0n) is 16.0. The van der Waals surface area contributed by atoms with E-state index in [1.54, 1.807) is 0 Å². The van der Waals surface area contributed by atoms with E-state index in [1.807, 2.05) is 6.92 Å². The lowest BCUT2D eigenvalue weighted by Gasteiger charge is -2.09. The summed E-state index contributed by atoms with van der Waals surface area (Å²) in [6.07, 6.45) is 0.717. The van der Waals surface area contributed by atoms with E-state index in [0.29, 0.717) is 24.3 Å². The van der Waals surface area contributed by atoms with Crippen molar-refractivity contribution in [1.82, 2.24) is 0 Å². The Morgan fingerprint density at radius 1 is 1.03 bits per heavy atom. The number of carbonyl (C=O) groups is 3. The van der Waals surface area contributed by atoms with Gasteiger partial charge in [-0.05, 0) is 43.7 Å². The molecule has 0 aliphatic heterocycles. The molecule has 2 rings (SSSR count).